The van der Waals surface area contributed by atoms with Gasteiger partial charge in [-0.3, -0.25) is 14.4 Å². The van der Waals surface area contributed by atoms with Crippen LogP contribution in [0.15, 0.2) is 6.07 Å². The third kappa shape index (κ3) is 3.72. The van der Waals surface area contributed by atoms with E-state index in [0.29, 0.717) is 17.7 Å². The molecule has 0 bridgehead atoms. The molecular weight excluding hydrogens is 356 g/mol. The minimum atomic E-state index is 0.0824. The fourth-order valence-corrected chi connectivity index (χ4v) is 5.70. The van der Waals surface area contributed by atoms with Crippen LogP contribution < -0.4 is 0 Å². The Bertz CT molecular complexity index is 700. The van der Waals surface area contributed by atoms with Crippen LogP contribution in [-0.4, -0.2) is 84.6 Å². The highest BCUT2D eigenvalue weighted by molar-refractivity contribution is 5.92. The summed E-state index contributed by atoms with van der Waals surface area (Å²) in [4.78, 5) is 17.8. The number of piperidine rings is 1. The van der Waals surface area contributed by atoms with Gasteiger partial charge in [0.05, 0.1) is 25.5 Å². The van der Waals surface area contributed by atoms with Crippen LogP contribution in [0.1, 0.15) is 41.9 Å². The quantitative estimate of drug-likeness (QED) is 0.783. The van der Waals surface area contributed by atoms with Crippen molar-refractivity contribution >= 4 is 5.91 Å². The molecule has 3 heterocycles. The standard InChI is InChI=1S/C21H34N4O3/c1-16-12-19(23(2)22-16)20(26)25-7-5-17-13-18(24-8-10-28-11-9-24)4-6-21(17,14-25)15-27-3/h12,17-18H,4-11,13-15H2,1-3H3/t17-,18-,21+/m1/s1. The third-order valence-electron chi connectivity index (χ3n) is 7.15. The Hall–Kier alpha value is -1.44. The average molecular weight is 391 g/mol. The second kappa shape index (κ2) is 8.13. The van der Waals surface area contributed by atoms with Gasteiger partial charge in [-0.15, -0.1) is 0 Å². The van der Waals surface area contributed by atoms with Crippen LogP contribution in [0.25, 0.3) is 0 Å². The van der Waals surface area contributed by atoms with Crippen molar-refractivity contribution in [3.63, 3.8) is 0 Å². The molecule has 2 aliphatic heterocycles. The molecule has 7 nitrogen and oxygen atoms in total. The minimum absolute atomic E-state index is 0.0824. The van der Waals surface area contributed by atoms with Crippen molar-refractivity contribution in [3.05, 3.63) is 17.5 Å². The molecule has 0 radical (unpaired) electrons. The van der Waals surface area contributed by atoms with Gasteiger partial charge in [-0.25, -0.2) is 0 Å². The number of amides is 1. The number of aromatic nitrogens is 2. The zero-order valence-corrected chi connectivity index (χ0v) is 17.5. The summed E-state index contributed by atoms with van der Waals surface area (Å²) in [6, 6.07) is 2.55. The summed E-state index contributed by atoms with van der Waals surface area (Å²) in [5.74, 6) is 0.721. The molecule has 3 aliphatic rings. The molecule has 156 valence electrons. The summed E-state index contributed by atoms with van der Waals surface area (Å²) in [5, 5.41) is 4.35. The molecule has 7 heteroatoms. The number of nitrogens with zero attached hydrogens (tertiary/aromatic N) is 4. The van der Waals surface area contributed by atoms with Crippen LogP contribution in [0.4, 0.5) is 0 Å². The predicted octanol–water partition coefficient (Wildman–Crippen LogP) is 1.71. The average Bonchev–Trinajstić information content (AvgIpc) is 3.05. The molecule has 1 saturated carbocycles. The smallest absolute Gasteiger partial charge is 0.272 e. The van der Waals surface area contributed by atoms with Crippen LogP contribution in [0, 0.1) is 18.3 Å². The summed E-state index contributed by atoms with van der Waals surface area (Å²) in [6.45, 7) is 8.12. The fraction of sp³-hybridized carbons (Fsp3) is 0.810. The number of rotatable bonds is 4. The largest absolute Gasteiger partial charge is 0.384 e. The third-order valence-corrected chi connectivity index (χ3v) is 7.15. The van der Waals surface area contributed by atoms with E-state index in [0.717, 1.165) is 64.5 Å². The number of fused-ring (bicyclic) bond motifs is 1. The zero-order valence-electron chi connectivity index (χ0n) is 17.5. The first-order valence-corrected chi connectivity index (χ1v) is 10.6. The first kappa shape index (κ1) is 19.9. The molecule has 1 aliphatic carbocycles. The van der Waals surface area contributed by atoms with Crippen LogP contribution in [-0.2, 0) is 16.5 Å². The maximum atomic E-state index is 13.2. The summed E-state index contributed by atoms with van der Waals surface area (Å²) in [5.41, 5.74) is 1.66. The SMILES string of the molecule is COC[C@@]12CC[C@@H](N3CCOCC3)C[C@H]1CCN(C(=O)c1cc(C)nn1C)C2. The van der Waals surface area contributed by atoms with Crippen LogP contribution in [0.2, 0.25) is 0 Å². The van der Waals surface area contributed by atoms with Gasteiger partial charge in [0, 0.05) is 51.8 Å². The van der Waals surface area contributed by atoms with E-state index in [9.17, 15) is 4.79 Å². The van der Waals surface area contributed by atoms with Crippen molar-refractivity contribution in [2.45, 2.75) is 38.6 Å². The van der Waals surface area contributed by atoms with Crippen molar-refractivity contribution in [3.8, 4) is 0 Å². The van der Waals surface area contributed by atoms with Gasteiger partial charge in [0.15, 0.2) is 0 Å². The van der Waals surface area contributed by atoms with E-state index in [1.54, 1.807) is 11.8 Å². The highest BCUT2D eigenvalue weighted by Gasteiger charge is 2.49. The van der Waals surface area contributed by atoms with Gasteiger partial charge in [0.25, 0.3) is 5.91 Å². The molecule has 0 aromatic carbocycles. The molecular formula is C21H34N4O3. The van der Waals surface area contributed by atoms with E-state index in [-0.39, 0.29) is 11.3 Å². The molecule has 4 rings (SSSR count). The Morgan fingerprint density at radius 1 is 1.32 bits per heavy atom. The van der Waals surface area contributed by atoms with E-state index in [1.807, 2.05) is 24.9 Å². The van der Waals surface area contributed by atoms with Crippen molar-refractivity contribution in [2.24, 2.45) is 18.4 Å². The van der Waals surface area contributed by atoms with Gasteiger partial charge in [-0.05, 0) is 44.6 Å². The van der Waals surface area contributed by atoms with Gasteiger partial charge < -0.3 is 14.4 Å². The van der Waals surface area contributed by atoms with Crippen LogP contribution in [0.3, 0.4) is 0 Å². The maximum absolute atomic E-state index is 13.2. The number of hydrogen-bond donors (Lipinski definition) is 0. The Kier molecular flexibility index (Phi) is 5.76. The van der Waals surface area contributed by atoms with Gasteiger partial charge in [-0.1, -0.05) is 0 Å². The summed E-state index contributed by atoms with van der Waals surface area (Å²) in [7, 11) is 3.65. The van der Waals surface area contributed by atoms with E-state index >= 15 is 0 Å². The van der Waals surface area contributed by atoms with Crippen molar-refractivity contribution in [1.82, 2.24) is 19.6 Å². The normalized spacial score (nSPS) is 31.6. The zero-order chi connectivity index (χ0) is 19.7. The van der Waals surface area contributed by atoms with Gasteiger partial charge in [0.1, 0.15) is 5.69 Å². The van der Waals surface area contributed by atoms with Crippen LogP contribution in [0.5, 0.6) is 0 Å². The Labute approximate surface area is 167 Å². The van der Waals surface area contributed by atoms with E-state index in [2.05, 4.69) is 10.00 Å². The summed E-state index contributed by atoms with van der Waals surface area (Å²) >= 11 is 0. The molecule has 28 heavy (non-hydrogen) atoms. The molecule has 0 N–H and O–H groups in total. The number of likely N-dealkylation sites (tertiary alicyclic amines) is 1. The first-order valence-electron chi connectivity index (χ1n) is 10.6. The highest BCUT2D eigenvalue weighted by Crippen LogP contribution is 2.48. The van der Waals surface area contributed by atoms with Gasteiger partial charge in [-0.2, -0.15) is 5.10 Å². The lowest BCUT2D eigenvalue weighted by atomic mass is 9.61. The van der Waals surface area contributed by atoms with Crippen molar-refractivity contribution < 1.29 is 14.3 Å². The van der Waals surface area contributed by atoms with E-state index < -0.39 is 0 Å². The number of hydrogen-bond acceptors (Lipinski definition) is 5. The maximum Gasteiger partial charge on any atom is 0.272 e. The number of methoxy groups -OCH3 is 1. The lowest BCUT2D eigenvalue weighted by Gasteiger charge is -2.54. The van der Waals surface area contributed by atoms with Gasteiger partial charge >= 0.3 is 0 Å². The Morgan fingerprint density at radius 3 is 2.79 bits per heavy atom. The lowest BCUT2D eigenvalue weighted by Crippen LogP contribution is -2.58. The second-order valence-corrected chi connectivity index (χ2v) is 8.88. The number of carbonyl (C=O) groups excluding carboxylic acids is 1. The fourth-order valence-electron chi connectivity index (χ4n) is 5.70. The molecule has 0 spiro atoms. The summed E-state index contributed by atoms with van der Waals surface area (Å²) < 4.78 is 12.9. The molecule has 1 aromatic rings. The minimum Gasteiger partial charge on any atom is -0.384 e. The monoisotopic (exact) mass is 390 g/mol. The van der Waals surface area contributed by atoms with Crippen molar-refractivity contribution in [1.29, 1.82) is 0 Å². The Morgan fingerprint density at radius 2 is 2.11 bits per heavy atom. The van der Waals surface area contributed by atoms with E-state index in [4.69, 9.17) is 9.47 Å². The first-order chi connectivity index (χ1) is 13.5. The number of ether oxygens (including phenoxy) is 2. The number of morpholine rings is 1. The molecule has 3 atom stereocenters. The topological polar surface area (TPSA) is 59.8 Å². The highest BCUT2D eigenvalue weighted by atomic mass is 16.5. The molecule has 1 amide bonds. The molecule has 3 fully saturated rings. The second-order valence-electron chi connectivity index (χ2n) is 8.88. The predicted molar refractivity (Wildman–Crippen MR) is 106 cm³/mol. The molecule has 2 saturated heterocycles. The van der Waals surface area contributed by atoms with Crippen molar-refractivity contribution in [2.75, 3.05) is 53.1 Å². The number of carbonyl (C=O) groups is 1. The van der Waals surface area contributed by atoms with E-state index in [1.165, 1.54) is 12.8 Å². The lowest BCUT2D eigenvalue weighted by molar-refractivity contribution is -0.0793. The summed E-state index contributed by atoms with van der Waals surface area (Å²) in [6.07, 6.45) is 4.59. The number of aryl methyl sites for hydroxylation is 2. The van der Waals surface area contributed by atoms with Crippen LogP contribution >= 0.6 is 0 Å². The molecule has 0 unspecified atom stereocenters. The molecule has 1 aromatic heterocycles. The van der Waals surface area contributed by atoms with Gasteiger partial charge in [0.2, 0.25) is 0 Å². The Balaban J connectivity index is 1.48.